The minimum Gasteiger partial charge on any atom is -0.396 e. The van der Waals surface area contributed by atoms with Gasteiger partial charge in [0, 0.05) is 25.4 Å². The smallest absolute Gasteiger partial charge is 0.220 e. The molecule has 1 amide bonds. The quantitative estimate of drug-likeness (QED) is 0.296. The molecule has 3 heteroatoms. The average molecular weight is 352 g/mol. The van der Waals surface area contributed by atoms with Gasteiger partial charge in [-0.2, -0.15) is 0 Å². The lowest BCUT2D eigenvalue weighted by Gasteiger charge is -2.21. The van der Waals surface area contributed by atoms with E-state index in [4.69, 9.17) is 5.73 Å². The van der Waals surface area contributed by atoms with Gasteiger partial charge in [-0.1, -0.05) is 71.6 Å². The van der Waals surface area contributed by atoms with Crippen LogP contribution in [0.2, 0.25) is 0 Å². The third-order valence-electron chi connectivity index (χ3n) is 5.04. The van der Waals surface area contributed by atoms with Crippen molar-refractivity contribution in [2.24, 2.45) is 17.6 Å². The maximum Gasteiger partial charge on any atom is 0.220 e. The Labute approximate surface area is 156 Å². The van der Waals surface area contributed by atoms with Crippen molar-refractivity contribution in [2.75, 3.05) is 6.61 Å². The summed E-state index contributed by atoms with van der Waals surface area (Å²) in [5, 5.41) is 9.34. The minimum absolute atomic E-state index is 0.0188. The van der Waals surface area contributed by atoms with E-state index in [1.807, 2.05) is 6.92 Å². The molecule has 0 bridgehead atoms. The molecule has 0 aliphatic rings. The number of rotatable bonds is 16. The molecule has 0 rings (SSSR count). The zero-order valence-corrected chi connectivity index (χ0v) is 16.7. The second-order valence-electron chi connectivity index (χ2n) is 7.18. The summed E-state index contributed by atoms with van der Waals surface area (Å²) in [4.78, 5) is 11.5. The molecule has 3 N–H and O–H groups in total. The summed E-state index contributed by atoms with van der Waals surface area (Å²) in [6.45, 7) is 4.30. The summed E-state index contributed by atoms with van der Waals surface area (Å²) >= 11 is 0. The number of hydrogen-bond acceptors (Lipinski definition) is 2. The Hall–Kier alpha value is -1.01. The molecule has 0 aromatic carbocycles. The van der Waals surface area contributed by atoms with Gasteiger partial charge in [0.1, 0.15) is 0 Å². The normalized spacial score (nSPS) is 13.1. The van der Waals surface area contributed by atoms with Gasteiger partial charge in [0.05, 0.1) is 0 Å². The van der Waals surface area contributed by atoms with Gasteiger partial charge in [-0.3, -0.25) is 4.79 Å². The number of nitrogens with two attached hydrogens (primary N) is 1. The molecule has 0 aliphatic heterocycles. The zero-order chi connectivity index (χ0) is 18.8. The van der Waals surface area contributed by atoms with E-state index in [0.29, 0.717) is 0 Å². The van der Waals surface area contributed by atoms with E-state index in [9.17, 15) is 9.90 Å². The van der Waals surface area contributed by atoms with Gasteiger partial charge in [0.15, 0.2) is 0 Å². The van der Waals surface area contributed by atoms with Crippen molar-refractivity contribution >= 4 is 5.91 Å². The van der Waals surface area contributed by atoms with Gasteiger partial charge >= 0.3 is 0 Å². The summed E-state index contributed by atoms with van der Waals surface area (Å²) in [5.74, 6) is 6.16. The van der Waals surface area contributed by atoms with E-state index in [1.165, 1.54) is 38.5 Å². The number of aliphatic hydroxyl groups excluding tert-OH is 1. The summed E-state index contributed by atoms with van der Waals surface area (Å²) in [7, 11) is 0. The molecule has 0 saturated carbocycles. The molecule has 2 atom stereocenters. The third kappa shape index (κ3) is 13.9. The van der Waals surface area contributed by atoms with E-state index in [2.05, 4.69) is 18.8 Å². The molecule has 0 saturated heterocycles. The molecule has 0 fully saturated rings. The predicted octanol–water partition coefficient (Wildman–Crippen LogP) is 5.20. The molecule has 0 aromatic rings. The monoisotopic (exact) mass is 351 g/mol. The molecule has 0 aliphatic carbocycles. The number of hydrogen-bond donors (Lipinski definition) is 2. The Balaban J connectivity index is 3.57. The summed E-state index contributed by atoms with van der Waals surface area (Å²) in [6, 6.07) is 0. The zero-order valence-electron chi connectivity index (χ0n) is 16.7. The van der Waals surface area contributed by atoms with Gasteiger partial charge in [-0.25, -0.2) is 0 Å². The first-order chi connectivity index (χ1) is 12.2. The largest absolute Gasteiger partial charge is 0.396 e. The van der Waals surface area contributed by atoms with Crippen LogP contribution in [-0.4, -0.2) is 17.6 Å². The topological polar surface area (TPSA) is 63.3 Å². The molecule has 25 heavy (non-hydrogen) atoms. The fourth-order valence-electron chi connectivity index (χ4n) is 3.25. The van der Waals surface area contributed by atoms with Crippen LogP contribution < -0.4 is 5.73 Å². The Bertz CT molecular complexity index is 366. The highest BCUT2D eigenvalue weighted by molar-refractivity contribution is 5.76. The number of amides is 1. The number of unbranched alkanes of at least 4 members (excludes halogenated alkanes) is 10. The lowest BCUT2D eigenvalue weighted by atomic mass is 9.86. The van der Waals surface area contributed by atoms with Crippen LogP contribution in [0.4, 0.5) is 0 Å². The van der Waals surface area contributed by atoms with Crippen molar-refractivity contribution in [2.45, 2.75) is 104 Å². The van der Waals surface area contributed by atoms with Crippen LogP contribution in [0, 0.1) is 23.7 Å². The summed E-state index contributed by atoms with van der Waals surface area (Å²) < 4.78 is 0. The molecule has 0 aromatic heterocycles. The first-order valence-corrected chi connectivity index (χ1v) is 10.5. The fraction of sp³-hybridized carbons (Fsp3) is 0.864. The molecule has 0 radical (unpaired) electrons. The summed E-state index contributed by atoms with van der Waals surface area (Å²) in [5.41, 5.74) is 5.47. The van der Waals surface area contributed by atoms with Crippen molar-refractivity contribution in [1.29, 1.82) is 0 Å². The maximum absolute atomic E-state index is 11.5. The first-order valence-electron chi connectivity index (χ1n) is 10.5. The molecule has 2 unspecified atom stereocenters. The second kappa shape index (κ2) is 17.8. The summed E-state index contributed by atoms with van der Waals surface area (Å²) in [6.07, 6.45) is 16.0. The average Bonchev–Trinajstić information content (AvgIpc) is 2.61. The van der Waals surface area contributed by atoms with Crippen LogP contribution in [0.3, 0.4) is 0 Å². The highest BCUT2D eigenvalue weighted by Crippen LogP contribution is 2.22. The van der Waals surface area contributed by atoms with Crippen LogP contribution in [0.15, 0.2) is 0 Å². The molecule has 0 spiro atoms. The van der Waals surface area contributed by atoms with Gasteiger partial charge in [0.2, 0.25) is 5.91 Å². The van der Waals surface area contributed by atoms with Crippen LogP contribution in [-0.2, 0) is 4.79 Å². The van der Waals surface area contributed by atoms with Gasteiger partial charge in [-0.15, -0.1) is 11.8 Å². The lowest BCUT2D eigenvalue weighted by molar-refractivity contribution is -0.124. The van der Waals surface area contributed by atoms with Crippen molar-refractivity contribution in [1.82, 2.24) is 0 Å². The van der Waals surface area contributed by atoms with E-state index in [1.54, 1.807) is 0 Å². The van der Waals surface area contributed by atoms with E-state index in [-0.39, 0.29) is 24.3 Å². The molecule has 0 heterocycles. The van der Waals surface area contributed by atoms with Crippen molar-refractivity contribution in [3.05, 3.63) is 0 Å². The van der Waals surface area contributed by atoms with Gasteiger partial charge in [-0.05, 0) is 25.2 Å². The SMILES string of the molecule is CCCCCCCCC#CCCCCCCC(C(N)=O)C(CC)CO. The fourth-order valence-corrected chi connectivity index (χ4v) is 3.25. The van der Waals surface area contributed by atoms with E-state index < -0.39 is 0 Å². The Morgan fingerprint density at radius 3 is 1.88 bits per heavy atom. The van der Waals surface area contributed by atoms with E-state index >= 15 is 0 Å². The van der Waals surface area contributed by atoms with Gasteiger partial charge in [0.25, 0.3) is 0 Å². The number of aliphatic hydroxyl groups is 1. The predicted molar refractivity (Wildman–Crippen MR) is 107 cm³/mol. The minimum atomic E-state index is -0.263. The Morgan fingerprint density at radius 2 is 1.40 bits per heavy atom. The molecular weight excluding hydrogens is 310 g/mol. The van der Waals surface area contributed by atoms with Crippen LogP contribution >= 0.6 is 0 Å². The maximum atomic E-state index is 11.5. The Morgan fingerprint density at radius 1 is 0.880 bits per heavy atom. The highest BCUT2D eigenvalue weighted by Gasteiger charge is 2.23. The third-order valence-corrected chi connectivity index (χ3v) is 5.04. The molecule has 3 nitrogen and oxygen atoms in total. The standard InChI is InChI=1S/C22H41NO2/c1-3-5-6-7-8-9-10-11-12-13-14-15-16-17-18-21(22(23)25)20(4-2)19-24/h20-21,24H,3-10,13-19H2,1-2H3,(H2,23,25). The first kappa shape index (κ1) is 24.0. The van der Waals surface area contributed by atoms with Crippen molar-refractivity contribution < 1.29 is 9.90 Å². The van der Waals surface area contributed by atoms with E-state index in [0.717, 1.165) is 51.4 Å². The number of carbonyl (C=O) groups is 1. The van der Waals surface area contributed by atoms with Crippen molar-refractivity contribution in [3.63, 3.8) is 0 Å². The van der Waals surface area contributed by atoms with Gasteiger partial charge < -0.3 is 10.8 Å². The lowest BCUT2D eigenvalue weighted by Crippen LogP contribution is -2.31. The van der Waals surface area contributed by atoms with Crippen LogP contribution in [0.25, 0.3) is 0 Å². The van der Waals surface area contributed by atoms with Crippen LogP contribution in [0.1, 0.15) is 104 Å². The molecule has 146 valence electrons. The Kier molecular flexibility index (Phi) is 17.1. The number of carbonyl (C=O) groups excluding carboxylic acids is 1. The van der Waals surface area contributed by atoms with Crippen LogP contribution in [0.5, 0.6) is 0 Å². The second-order valence-corrected chi connectivity index (χ2v) is 7.18. The highest BCUT2D eigenvalue weighted by atomic mass is 16.3. The number of primary amides is 1. The van der Waals surface area contributed by atoms with Crippen molar-refractivity contribution in [3.8, 4) is 11.8 Å². The molecular formula is C22H41NO2.